The number of amides is 1. The van der Waals surface area contributed by atoms with Gasteiger partial charge in [0.25, 0.3) is 5.91 Å². The van der Waals surface area contributed by atoms with Crippen LogP contribution in [0.4, 0.5) is 5.69 Å². The molecule has 0 unspecified atom stereocenters. The highest BCUT2D eigenvalue weighted by molar-refractivity contribution is 6.08. The highest BCUT2D eigenvalue weighted by Crippen LogP contribution is 2.22. The highest BCUT2D eigenvalue weighted by atomic mass is 16.5. The van der Waals surface area contributed by atoms with Crippen molar-refractivity contribution >= 4 is 23.2 Å². The van der Waals surface area contributed by atoms with Gasteiger partial charge in [0.05, 0.1) is 18.4 Å². The van der Waals surface area contributed by atoms with Gasteiger partial charge in [0.1, 0.15) is 5.56 Å². The number of carbonyl (C=O) groups excluding carboxylic acids is 2. The maximum absolute atomic E-state index is 12.9. The van der Waals surface area contributed by atoms with E-state index in [-0.39, 0.29) is 5.91 Å². The van der Waals surface area contributed by atoms with Crippen LogP contribution in [0.5, 0.6) is 0 Å². The normalized spacial score (nSPS) is 14.0. The molecular formula is C22H24N4O3. The molecule has 1 aliphatic rings. The van der Waals surface area contributed by atoms with Crippen LogP contribution in [0.25, 0.3) is 5.65 Å². The zero-order valence-corrected chi connectivity index (χ0v) is 16.5. The third kappa shape index (κ3) is 3.99. The lowest BCUT2D eigenvalue weighted by Gasteiger charge is -2.14. The summed E-state index contributed by atoms with van der Waals surface area (Å²) in [5, 5.41) is 7.29. The fraction of sp³-hybridized carbons (Fsp3) is 0.364. The second kappa shape index (κ2) is 8.43. The summed E-state index contributed by atoms with van der Waals surface area (Å²) in [4.78, 5) is 29.3. The van der Waals surface area contributed by atoms with Crippen molar-refractivity contribution in [2.24, 2.45) is 0 Å². The summed E-state index contributed by atoms with van der Waals surface area (Å²) in [5.74, 6) is -0.723. The Kier molecular flexibility index (Phi) is 5.55. The maximum atomic E-state index is 12.9. The van der Waals surface area contributed by atoms with E-state index in [0.29, 0.717) is 29.1 Å². The number of hydrogen-bond acceptors (Lipinski definition) is 5. The largest absolute Gasteiger partial charge is 0.462 e. The first-order valence-electron chi connectivity index (χ1n) is 10.1. The summed E-state index contributed by atoms with van der Waals surface area (Å²) < 4.78 is 6.82. The average Bonchev–Trinajstić information content (AvgIpc) is 3.13. The minimum absolute atomic E-state index is 0.299. The molecule has 7 heteroatoms. The molecule has 1 N–H and O–H groups in total. The molecule has 7 nitrogen and oxygen atoms in total. The van der Waals surface area contributed by atoms with Crippen LogP contribution >= 0.6 is 0 Å². The SMILES string of the molecule is CCOC(=O)c1cccc(NC(=O)c2cnn3c4c(cnc23)CCCCCC4)c1. The lowest BCUT2D eigenvalue weighted by atomic mass is 9.98. The fourth-order valence-corrected chi connectivity index (χ4v) is 3.75. The predicted molar refractivity (Wildman–Crippen MR) is 109 cm³/mol. The predicted octanol–water partition coefficient (Wildman–Crippen LogP) is 3.82. The van der Waals surface area contributed by atoms with Crippen LogP contribution in [-0.2, 0) is 17.6 Å². The first-order valence-corrected chi connectivity index (χ1v) is 10.1. The molecule has 1 amide bonds. The second-order valence-electron chi connectivity index (χ2n) is 7.19. The van der Waals surface area contributed by atoms with Gasteiger partial charge in [-0.05, 0) is 56.4 Å². The molecule has 150 valence electrons. The molecule has 1 aromatic carbocycles. The van der Waals surface area contributed by atoms with Crippen LogP contribution in [0.1, 0.15) is 64.6 Å². The van der Waals surface area contributed by atoms with E-state index in [1.165, 1.54) is 18.4 Å². The van der Waals surface area contributed by atoms with Gasteiger partial charge in [0.2, 0.25) is 0 Å². The van der Waals surface area contributed by atoms with E-state index in [0.717, 1.165) is 31.4 Å². The Labute approximate surface area is 169 Å². The number of benzene rings is 1. The van der Waals surface area contributed by atoms with E-state index in [2.05, 4.69) is 15.4 Å². The van der Waals surface area contributed by atoms with Crippen molar-refractivity contribution in [1.82, 2.24) is 14.6 Å². The zero-order valence-electron chi connectivity index (χ0n) is 16.5. The third-order valence-corrected chi connectivity index (χ3v) is 5.20. The highest BCUT2D eigenvalue weighted by Gasteiger charge is 2.19. The summed E-state index contributed by atoms with van der Waals surface area (Å²) in [5.41, 5.74) is 4.25. The molecule has 0 saturated carbocycles. The zero-order chi connectivity index (χ0) is 20.2. The molecule has 0 spiro atoms. The number of esters is 1. The van der Waals surface area contributed by atoms with Crippen LogP contribution in [0.2, 0.25) is 0 Å². The van der Waals surface area contributed by atoms with Gasteiger partial charge >= 0.3 is 5.97 Å². The van der Waals surface area contributed by atoms with Gasteiger partial charge in [-0.15, -0.1) is 0 Å². The number of anilines is 1. The van der Waals surface area contributed by atoms with Gasteiger partial charge in [-0.2, -0.15) is 5.10 Å². The van der Waals surface area contributed by atoms with Gasteiger partial charge in [0.15, 0.2) is 5.65 Å². The number of nitrogens with zero attached hydrogens (tertiary/aromatic N) is 3. The summed E-state index contributed by atoms with van der Waals surface area (Å²) >= 11 is 0. The van der Waals surface area contributed by atoms with Crippen molar-refractivity contribution in [3.05, 3.63) is 59.0 Å². The molecule has 3 aromatic rings. The molecule has 0 bridgehead atoms. The molecule has 0 fully saturated rings. The van der Waals surface area contributed by atoms with Gasteiger partial charge in [-0.3, -0.25) is 4.79 Å². The lowest BCUT2D eigenvalue weighted by molar-refractivity contribution is 0.0526. The number of hydrogen-bond donors (Lipinski definition) is 1. The van der Waals surface area contributed by atoms with Crippen LogP contribution in [0.15, 0.2) is 36.7 Å². The van der Waals surface area contributed by atoms with Gasteiger partial charge in [-0.25, -0.2) is 14.3 Å². The topological polar surface area (TPSA) is 85.6 Å². The van der Waals surface area contributed by atoms with Crippen molar-refractivity contribution in [2.45, 2.75) is 45.4 Å². The minimum atomic E-state index is -0.417. The number of rotatable bonds is 4. The van der Waals surface area contributed by atoms with E-state index < -0.39 is 5.97 Å². The Hall–Kier alpha value is -3.22. The molecule has 2 aromatic heterocycles. The van der Waals surface area contributed by atoms with Gasteiger partial charge < -0.3 is 10.1 Å². The lowest BCUT2D eigenvalue weighted by Crippen LogP contribution is -2.14. The van der Waals surface area contributed by atoms with E-state index in [1.807, 2.05) is 10.7 Å². The third-order valence-electron chi connectivity index (χ3n) is 5.20. The molecule has 0 saturated heterocycles. The van der Waals surface area contributed by atoms with Crippen molar-refractivity contribution in [3.8, 4) is 0 Å². The van der Waals surface area contributed by atoms with E-state index >= 15 is 0 Å². The molecule has 4 rings (SSSR count). The first kappa shape index (κ1) is 19.1. The van der Waals surface area contributed by atoms with E-state index in [9.17, 15) is 9.59 Å². The average molecular weight is 392 g/mol. The minimum Gasteiger partial charge on any atom is -0.462 e. The van der Waals surface area contributed by atoms with Crippen LogP contribution < -0.4 is 5.32 Å². The summed E-state index contributed by atoms with van der Waals surface area (Å²) in [7, 11) is 0. The smallest absolute Gasteiger partial charge is 0.338 e. The van der Waals surface area contributed by atoms with Crippen molar-refractivity contribution in [3.63, 3.8) is 0 Å². The number of aryl methyl sites for hydroxylation is 2. The maximum Gasteiger partial charge on any atom is 0.338 e. The Balaban J connectivity index is 1.60. The standard InChI is InChI=1S/C22H24N4O3/c1-2-29-22(28)15-9-7-10-17(12-15)25-21(27)18-14-24-26-19-11-6-4-3-5-8-16(19)13-23-20(18)26/h7,9-10,12-14H,2-6,8,11H2,1H3,(H,25,27). The number of nitrogens with one attached hydrogen (secondary N) is 1. The van der Waals surface area contributed by atoms with Crippen LogP contribution in [0.3, 0.4) is 0 Å². The van der Waals surface area contributed by atoms with Gasteiger partial charge in [0, 0.05) is 17.6 Å². The van der Waals surface area contributed by atoms with E-state index in [4.69, 9.17) is 4.74 Å². The monoisotopic (exact) mass is 392 g/mol. The van der Waals surface area contributed by atoms with Crippen molar-refractivity contribution in [1.29, 1.82) is 0 Å². The van der Waals surface area contributed by atoms with Crippen molar-refractivity contribution in [2.75, 3.05) is 11.9 Å². The van der Waals surface area contributed by atoms with Crippen LogP contribution in [-0.4, -0.2) is 33.1 Å². The Morgan fingerprint density at radius 1 is 1.14 bits per heavy atom. The molecule has 29 heavy (non-hydrogen) atoms. The molecule has 0 aliphatic heterocycles. The number of fused-ring (bicyclic) bond motifs is 3. The summed E-state index contributed by atoms with van der Waals surface area (Å²) in [6.45, 7) is 2.05. The number of aromatic nitrogens is 3. The molecular weight excluding hydrogens is 368 g/mol. The molecule has 0 radical (unpaired) electrons. The quantitative estimate of drug-likeness (QED) is 0.682. The second-order valence-corrected chi connectivity index (χ2v) is 7.19. The van der Waals surface area contributed by atoms with Crippen molar-refractivity contribution < 1.29 is 14.3 Å². The first-order chi connectivity index (χ1) is 14.2. The Morgan fingerprint density at radius 3 is 2.79 bits per heavy atom. The molecule has 2 heterocycles. The Bertz CT molecular complexity index is 1060. The number of carbonyl (C=O) groups is 2. The molecule has 0 atom stereocenters. The Morgan fingerprint density at radius 2 is 1.97 bits per heavy atom. The summed E-state index contributed by atoms with van der Waals surface area (Å²) in [6.07, 6.45) is 10.1. The fourth-order valence-electron chi connectivity index (χ4n) is 3.75. The number of ether oxygens (including phenoxy) is 1. The van der Waals surface area contributed by atoms with Gasteiger partial charge in [-0.1, -0.05) is 18.9 Å². The van der Waals surface area contributed by atoms with Crippen LogP contribution in [0, 0.1) is 0 Å². The van der Waals surface area contributed by atoms with E-state index in [1.54, 1.807) is 37.4 Å². The summed E-state index contributed by atoms with van der Waals surface area (Å²) in [6, 6.07) is 6.70. The molecule has 1 aliphatic carbocycles.